The van der Waals surface area contributed by atoms with Crippen molar-refractivity contribution in [3.63, 3.8) is 0 Å². The summed E-state index contributed by atoms with van der Waals surface area (Å²) in [6.07, 6.45) is 2.73. The predicted molar refractivity (Wildman–Crippen MR) is 201 cm³/mol. The molecule has 5 atom stereocenters. The topological polar surface area (TPSA) is 55.8 Å². The number of Topliss-reactive ketones (excluding diaryl/α,β-unsaturated/α-hetero) is 1. The van der Waals surface area contributed by atoms with Crippen LogP contribution in [0.1, 0.15) is 90.2 Å². The van der Waals surface area contributed by atoms with Crippen molar-refractivity contribution >= 4 is 68.8 Å². The molecular weight excluding hydrogens is 694 g/mol. The summed E-state index contributed by atoms with van der Waals surface area (Å²) in [4.78, 5) is 12.4. The van der Waals surface area contributed by atoms with E-state index in [1.807, 2.05) is 18.2 Å². The zero-order valence-electron chi connectivity index (χ0n) is 29.3. The maximum Gasteiger partial charge on any atom is 0.191 e. The van der Waals surface area contributed by atoms with E-state index in [2.05, 4.69) is 67.7 Å². The summed E-state index contributed by atoms with van der Waals surface area (Å²) >= 11 is 24.5. The molecule has 46 heavy (non-hydrogen) atoms. The third-order valence-electron chi connectivity index (χ3n) is 10.7. The summed E-state index contributed by atoms with van der Waals surface area (Å²) < 4.78 is 12.6. The summed E-state index contributed by atoms with van der Waals surface area (Å²) in [5.41, 5.74) is 1.90. The van der Waals surface area contributed by atoms with Crippen LogP contribution >= 0.6 is 46.4 Å². The predicted octanol–water partition coefficient (Wildman–Crippen LogP) is 11.9. The number of halogens is 4. The van der Waals surface area contributed by atoms with Gasteiger partial charge in [0.15, 0.2) is 16.6 Å². The highest BCUT2D eigenvalue weighted by Crippen LogP contribution is 2.44. The van der Waals surface area contributed by atoms with E-state index in [4.69, 9.17) is 55.3 Å². The fourth-order valence-electron chi connectivity index (χ4n) is 5.66. The van der Waals surface area contributed by atoms with Gasteiger partial charge >= 0.3 is 0 Å². The van der Waals surface area contributed by atoms with Crippen molar-refractivity contribution in [1.29, 1.82) is 0 Å². The van der Waals surface area contributed by atoms with Crippen LogP contribution in [0.5, 0.6) is 0 Å². The van der Waals surface area contributed by atoms with Gasteiger partial charge < -0.3 is 14.0 Å². The molecule has 5 unspecified atom stereocenters. The molecule has 0 amide bonds. The standard InChI is InChI=1S/C18H28Cl2O2Si.C18H26Cl2O2Si/c2*1-18(2,3)23(4,5)22-11-12-8-15(17(21)9-12)14-7-6-13(19)10-16(14)20/h6-7,10,12,15,17,21H,8-9,11H2,1-5H3;6-7,10,12,15H,8-9,11H2,1-5H3. The molecule has 10 heteroatoms. The molecule has 0 radical (unpaired) electrons. The smallest absolute Gasteiger partial charge is 0.191 e. The molecule has 258 valence electrons. The highest BCUT2D eigenvalue weighted by Gasteiger charge is 2.41. The van der Waals surface area contributed by atoms with Crippen LogP contribution in [0.2, 0.25) is 56.4 Å². The van der Waals surface area contributed by atoms with Crippen molar-refractivity contribution in [1.82, 2.24) is 0 Å². The summed E-state index contributed by atoms with van der Waals surface area (Å²) in [5.74, 6) is 0.892. The van der Waals surface area contributed by atoms with Crippen LogP contribution in [0, 0.1) is 11.8 Å². The minimum atomic E-state index is -1.77. The lowest BCUT2D eigenvalue weighted by Gasteiger charge is -2.37. The Labute approximate surface area is 300 Å². The number of aliphatic hydroxyl groups excluding tert-OH is 1. The van der Waals surface area contributed by atoms with Crippen LogP contribution in [-0.2, 0) is 13.6 Å². The minimum absolute atomic E-state index is 0.0767. The Kier molecular flexibility index (Phi) is 13.6. The second-order valence-electron chi connectivity index (χ2n) is 16.3. The molecule has 2 aromatic carbocycles. The fraction of sp³-hybridized carbons (Fsp3) is 0.639. The molecule has 2 aliphatic carbocycles. The van der Waals surface area contributed by atoms with Crippen LogP contribution in [0.4, 0.5) is 0 Å². The Morgan fingerprint density at radius 3 is 1.63 bits per heavy atom. The Balaban J connectivity index is 0.000000250. The number of hydrogen-bond donors (Lipinski definition) is 1. The summed E-state index contributed by atoms with van der Waals surface area (Å²) in [6.45, 7) is 23.9. The van der Waals surface area contributed by atoms with Gasteiger partial charge in [0.1, 0.15) is 5.78 Å². The monoisotopic (exact) mass is 746 g/mol. The Bertz CT molecular complexity index is 1350. The van der Waals surface area contributed by atoms with Crippen LogP contribution in [-0.4, -0.2) is 46.8 Å². The average Bonchev–Trinajstić information content (AvgIpc) is 3.47. The van der Waals surface area contributed by atoms with E-state index >= 15 is 0 Å². The first kappa shape index (κ1) is 40.0. The second-order valence-corrected chi connectivity index (χ2v) is 27.6. The molecule has 0 aliphatic heterocycles. The number of rotatable bonds is 8. The maximum atomic E-state index is 12.4. The lowest BCUT2D eigenvalue weighted by atomic mass is 9.95. The number of aliphatic hydroxyl groups is 1. The van der Waals surface area contributed by atoms with Crippen molar-refractivity contribution < 1.29 is 18.8 Å². The Morgan fingerprint density at radius 1 is 0.717 bits per heavy atom. The lowest BCUT2D eigenvalue weighted by molar-refractivity contribution is -0.118. The van der Waals surface area contributed by atoms with Gasteiger partial charge in [0.05, 0.1) is 6.10 Å². The molecule has 4 nitrogen and oxygen atoms in total. The van der Waals surface area contributed by atoms with E-state index in [1.165, 1.54) is 0 Å². The first-order chi connectivity index (χ1) is 21.0. The molecule has 0 spiro atoms. The first-order valence-electron chi connectivity index (χ1n) is 16.4. The molecule has 2 saturated carbocycles. The molecule has 2 aliphatic rings. The minimum Gasteiger partial charge on any atom is -0.417 e. The van der Waals surface area contributed by atoms with Crippen molar-refractivity contribution in [3.8, 4) is 0 Å². The highest BCUT2D eigenvalue weighted by atomic mass is 35.5. The molecule has 0 aromatic heterocycles. The van der Waals surface area contributed by atoms with E-state index in [-0.39, 0.29) is 39.7 Å². The molecule has 2 fully saturated rings. The van der Waals surface area contributed by atoms with Crippen molar-refractivity contribution in [2.45, 2.75) is 121 Å². The van der Waals surface area contributed by atoms with Gasteiger partial charge in [0.2, 0.25) is 0 Å². The van der Waals surface area contributed by atoms with Gasteiger partial charge in [-0.1, -0.05) is 100 Å². The highest BCUT2D eigenvalue weighted by molar-refractivity contribution is 6.74. The normalized spacial score (nSPS) is 24.2. The SMILES string of the molecule is CC(C)(C)[Si](C)(C)OCC1CC(=O)C(c2ccc(Cl)cc2Cl)C1.CC(C)(C)[Si](C)(C)OCC1CC(O)C(c2ccc(Cl)cc2Cl)C1. The molecule has 1 N–H and O–H groups in total. The van der Waals surface area contributed by atoms with Gasteiger partial charge in [-0.05, 0) is 103 Å². The van der Waals surface area contributed by atoms with E-state index in [0.717, 1.165) is 37.0 Å². The van der Waals surface area contributed by atoms with E-state index < -0.39 is 16.6 Å². The van der Waals surface area contributed by atoms with Gasteiger partial charge in [-0.25, -0.2) is 0 Å². The molecule has 0 saturated heterocycles. The largest absolute Gasteiger partial charge is 0.417 e. The second kappa shape index (κ2) is 15.6. The molecule has 0 heterocycles. The molecule has 2 aromatic rings. The van der Waals surface area contributed by atoms with E-state index in [1.54, 1.807) is 18.2 Å². The van der Waals surface area contributed by atoms with E-state index in [9.17, 15) is 9.90 Å². The average molecular weight is 749 g/mol. The Hall–Kier alpha value is -0.416. The van der Waals surface area contributed by atoms with E-state index in [0.29, 0.717) is 39.0 Å². The van der Waals surface area contributed by atoms with Gasteiger partial charge in [0, 0.05) is 51.6 Å². The van der Waals surface area contributed by atoms with Crippen molar-refractivity contribution in [2.75, 3.05) is 13.2 Å². The van der Waals surface area contributed by atoms with Gasteiger partial charge in [-0.15, -0.1) is 0 Å². The fourth-order valence-corrected chi connectivity index (χ4v) is 8.92. The van der Waals surface area contributed by atoms with Crippen LogP contribution in [0.25, 0.3) is 0 Å². The van der Waals surface area contributed by atoms with Crippen LogP contribution in [0.15, 0.2) is 36.4 Å². The molecule has 4 rings (SSSR count). The summed E-state index contributed by atoms with van der Waals surface area (Å²) in [6, 6.07) is 10.9. The van der Waals surface area contributed by atoms with Crippen molar-refractivity contribution in [2.24, 2.45) is 11.8 Å². The van der Waals surface area contributed by atoms with Gasteiger partial charge in [-0.2, -0.15) is 0 Å². The third-order valence-corrected chi connectivity index (χ3v) is 20.9. The number of benzene rings is 2. The first-order valence-corrected chi connectivity index (χ1v) is 23.7. The van der Waals surface area contributed by atoms with Gasteiger partial charge in [-0.3, -0.25) is 4.79 Å². The van der Waals surface area contributed by atoms with Gasteiger partial charge in [0.25, 0.3) is 0 Å². The number of carbonyl (C=O) groups excluding carboxylic acids is 1. The Morgan fingerprint density at radius 2 is 1.17 bits per heavy atom. The number of carbonyl (C=O) groups is 1. The quantitative estimate of drug-likeness (QED) is 0.273. The maximum absolute atomic E-state index is 12.4. The van der Waals surface area contributed by atoms with Crippen LogP contribution < -0.4 is 0 Å². The van der Waals surface area contributed by atoms with Crippen molar-refractivity contribution in [3.05, 3.63) is 67.6 Å². The third kappa shape index (κ3) is 10.3. The summed E-state index contributed by atoms with van der Waals surface area (Å²) in [7, 11) is -3.51. The zero-order valence-corrected chi connectivity index (χ0v) is 34.3. The zero-order chi connectivity index (χ0) is 34.8. The number of hydrogen-bond acceptors (Lipinski definition) is 4. The van der Waals surface area contributed by atoms with Crippen LogP contribution in [0.3, 0.4) is 0 Å². The molecular formula is C36H54Cl4O4Si2. The summed E-state index contributed by atoms with van der Waals surface area (Å²) in [5, 5.41) is 13.3. The molecule has 0 bridgehead atoms. The number of ketones is 1. The lowest BCUT2D eigenvalue weighted by Crippen LogP contribution is -2.41.